The molecule has 0 bridgehead atoms. The SMILES string of the molecule is CCCNC(=O)c1cccc(CNC(=O)C2CCCCN2)c1.Cl. The van der Waals surface area contributed by atoms with Crippen LogP contribution in [0.2, 0.25) is 0 Å². The van der Waals surface area contributed by atoms with E-state index in [1.54, 1.807) is 6.07 Å². The van der Waals surface area contributed by atoms with E-state index in [2.05, 4.69) is 16.0 Å². The number of benzene rings is 1. The molecular weight excluding hydrogens is 314 g/mol. The van der Waals surface area contributed by atoms with Gasteiger partial charge in [-0.1, -0.05) is 25.5 Å². The van der Waals surface area contributed by atoms with Crippen LogP contribution in [0, 0.1) is 0 Å². The molecule has 2 amide bonds. The molecule has 0 spiro atoms. The molecule has 1 heterocycles. The lowest BCUT2D eigenvalue weighted by atomic mass is 10.0. The summed E-state index contributed by atoms with van der Waals surface area (Å²) in [6.45, 7) is 4.05. The molecule has 0 saturated carbocycles. The molecule has 2 rings (SSSR count). The third kappa shape index (κ3) is 6.20. The van der Waals surface area contributed by atoms with Gasteiger partial charge in [0.05, 0.1) is 6.04 Å². The maximum absolute atomic E-state index is 12.1. The largest absolute Gasteiger partial charge is 0.352 e. The van der Waals surface area contributed by atoms with Crippen molar-refractivity contribution in [3.8, 4) is 0 Å². The van der Waals surface area contributed by atoms with Gasteiger partial charge in [-0.25, -0.2) is 0 Å². The van der Waals surface area contributed by atoms with E-state index in [0.717, 1.165) is 37.8 Å². The number of carbonyl (C=O) groups excluding carboxylic acids is 2. The summed E-state index contributed by atoms with van der Waals surface area (Å²) in [4.78, 5) is 24.0. The monoisotopic (exact) mass is 339 g/mol. The highest BCUT2D eigenvalue weighted by Gasteiger charge is 2.19. The molecule has 1 saturated heterocycles. The first-order valence-corrected chi connectivity index (χ1v) is 8.09. The van der Waals surface area contributed by atoms with Gasteiger partial charge in [0.1, 0.15) is 0 Å². The van der Waals surface area contributed by atoms with Crippen LogP contribution >= 0.6 is 12.4 Å². The fourth-order valence-corrected chi connectivity index (χ4v) is 2.55. The van der Waals surface area contributed by atoms with Gasteiger partial charge in [-0.3, -0.25) is 9.59 Å². The first-order valence-electron chi connectivity index (χ1n) is 8.09. The first kappa shape index (κ1) is 19.5. The van der Waals surface area contributed by atoms with Crippen molar-refractivity contribution in [2.75, 3.05) is 13.1 Å². The van der Waals surface area contributed by atoms with Gasteiger partial charge < -0.3 is 16.0 Å². The number of carbonyl (C=O) groups is 2. The normalized spacial score (nSPS) is 17.0. The van der Waals surface area contributed by atoms with Crippen LogP contribution in [0.25, 0.3) is 0 Å². The lowest BCUT2D eigenvalue weighted by Crippen LogP contribution is -2.46. The van der Waals surface area contributed by atoms with Crippen molar-refractivity contribution >= 4 is 24.2 Å². The number of halogens is 1. The van der Waals surface area contributed by atoms with Crippen LogP contribution in [0.4, 0.5) is 0 Å². The second-order valence-corrected chi connectivity index (χ2v) is 5.68. The molecule has 1 fully saturated rings. The number of hydrogen-bond acceptors (Lipinski definition) is 3. The molecule has 0 radical (unpaired) electrons. The van der Waals surface area contributed by atoms with E-state index in [9.17, 15) is 9.59 Å². The minimum atomic E-state index is -0.0789. The zero-order chi connectivity index (χ0) is 15.8. The van der Waals surface area contributed by atoms with Gasteiger partial charge in [0.15, 0.2) is 0 Å². The Morgan fingerprint density at radius 1 is 1.26 bits per heavy atom. The Bertz CT molecular complexity index is 516. The lowest BCUT2D eigenvalue weighted by molar-refractivity contribution is -0.123. The van der Waals surface area contributed by atoms with Crippen LogP contribution < -0.4 is 16.0 Å². The fourth-order valence-electron chi connectivity index (χ4n) is 2.55. The third-order valence-electron chi connectivity index (χ3n) is 3.82. The van der Waals surface area contributed by atoms with E-state index >= 15 is 0 Å². The van der Waals surface area contributed by atoms with Crippen LogP contribution in [0.1, 0.15) is 48.5 Å². The summed E-state index contributed by atoms with van der Waals surface area (Å²) in [5.41, 5.74) is 1.57. The minimum Gasteiger partial charge on any atom is -0.352 e. The molecule has 128 valence electrons. The van der Waals surface area contributed by atoms with Crippen molar-refractivity contribution in [1.82, 2.24) is 16.0 Å². The van der Waals surface area contributed by atoms with E-state index in [-0.39, 0.29) is 30.3 Å². The van der Waals surface area contributed by atoms with E-state index in [1.807, 2.05) is 25.1 Å². The second-order valence-electron chi connectivity index (χ2n) is 5.68. The van der Waals surface area contributed by atoms with Crippen molar-refractivity contribution in [2.45, 2.75) is 45.2 Å². The molecule has 1 atom stereocenters. The average Bonchev–Trinajstić information content (AvgIpc) is 2.58. The molecule has 3 N–H and O–H groups in total. The summed E-state index contributed by atoms with van der Waals surface area (Å²) < 4.78 is 0. The summed E-state index contributed by atoms with van der Waals surface area (Å²) in [6, 6.07) is 7.31. The zero-order valence-electron chi connectivity index (χ0n) is 13.6. The zero-order valence-corrected chi connectivity index (χ0v) is 14.4. The van der Waals surface area contributed by atoms with Crippen molar-refractivity contribution in [1.29, 1.82) is 0 Å². The Morgan fingerprint density at radius 3 is 2.78 bits per heavy atom. The highest BCUT2D eigenvalue weighted by Crippen LogP contribution is 2.08. The van der Waals surface area contributed by atoms with Gasteiger partial charge in [0.2, 0.25) is 5.91 Å². The highest BCUT2D eigenvalue weighted by molar-refractivity contribution is 5.94. The lowest BCUT2D eigenvalue weighted by Gasteiger charge is -2.22. The van der Waals surface area contributed by atoms with Crippen molar-refractivity contribution in [3.05, 3.63) is 35.4 Å². The van der Waals surface area contributed by atoms with E-state index < -0.39 is 0 Å². The molecule has 1 unspecified atom stereocenters. The summed E-state index contributed by atoms with van der Waals surface area (Å²) >= 11 is 0. The number of hydrogen-bond donors (Lipinski definition) is 3. The molecule has 6 heteroatoms. The smallest absolute Gasteiger partial charge is 0.251 e. The number of nitrogens with one attached hydrogen (secondary N) is 3. The number of amides is 2. The van der Waals surface area contributed by atoms with E-state index in [1.165, 1.54) is 0 Å². The molecule has 1 aromatic rings. The summed E-state index contributed by atoms with van der Waals surface area (Å²) in [5.74, 6) is -0.0236. The molecule has 1 aliphatic rings. The van der Waals surface area contributed by atoms with Crippen LogP contribution in [0.5, 0.6) is 0 Å². The Balaban J connectivity index is 0.00000264. The van der Waals surface area contributed by atoms with Gasteiger partial charge in [-0.2, -0.15) is 0 Å². The number of piperidine rings is 1. The van der Waals surface area contributed by atoms with Gasteiger partial charge in [0.25, 0.3) is 5.91 Å². The number of rotatable bonds is 6. The van der Waals surface area contributed by atoms with Crippen molar-refractivity contribution in [3.63, 3.8) is 0 Å². The van der Waals surface area contributed by atoms with Crippen molar-refractivity contribution in [2.24, 2.45) is 0 Å². The van der Waals surface area contributed by atoms with Gasteiger partial charge in [-0.05, 0) is 43.5 Å². The van der Waals surface area contributed by atoms with E-state index in [0.29, 0.717) is 18.7 Å². The average molecular weight is 340 g/mol. The summed E-state index contributed by atoms with van der Waals surface area (Å²) in [6.07, 6.45) is 4.04. The molecule has 23 heavy (non-hydrogen) atoms. The Morgan fingerprint density at radius 2 is 2.09 bits per heavy atom. The Hall–Kier alpha value is -1.59. The maximum atomic E-state index is 12.1. The predicted molar refractivity (Wildman–Crippen MR) is 93.8 cm³/mol. The molecule has 5 nitrogen and oxygen atoms in total. The van der Waals surface area contributed by atoms with Crippen LogP contribution in [0.3, 0.4) is 0 Å². The highest BCUT2D eigenvalue weighted by atomic mass is 35.5. The molecule has 1 aromatic carbocycles. The van der Waals surface area contributed by atoms with E-state index in [4.69, 9.17) is 0 Å². The van der Waals surface area contributed by atoms with Crippen LogP contribution in [-0.4, -0.2) is 30.9 Å². The first-order chi connectivity index (χ1) is 10.7. The molecule has 0 aromatic heterocycles. The topological polar surface area (TPSA) is 70.2 Å². The Kier molecular flexibility index (Phi) is 8.66. The summed E-state index contributed by atoms with van der Waals surface area (Å²) in [7, 11) is 0. The maximum Gasteiger partial charge on any atom is 0.251 e. The summed E-state index contributed by atoms with van der Waals surface area (Å²) in [5, 5.41) is 9.03. The second kappa shape index (κ2) is 10.2. The van der Waals surface area contributed by atoms with Crippen LogP contribution in [0.15, 0.2) is 24.3 Å². The van der Waals surface area contributed by atoms with Crippen molar-refractivity contribution < 1.29 is 9.59 Å². The molecule has 0 aliphatic carbocycles. The standard InChI is InChI=1S/C17H25N3O2.ClH/c1-2-9-19-16(21)14-7-5-6-13(11-14)12-20-17(22)15-8-3-4-10-18-15;/h5-7,11,15,18H,2-4,8-10,12H2,1H3,(H,19,21)(H,20,22);1H. The quantitative estimate of drug-likeness (QED) is 0.742. The third-order valence-corrected chi connectivity index (χ3v) is 3.82. The van der Waals surface area contributed by atoms with Gasteiger partial charge >= 0.3 is 0 Å². The minimum absolute atomic E-state index is 0. The fraction of sp³-hybridized carbons (Fsp3) is 0.529. The van der Waals surface area contributed by atoms with Gasteiger partial charge in [-0.15, -0.1) is 12.4 Å². The Labute approximate surface area is 144 Å². The van der Waals surface area contributed by atoms with Gasteiger partial charge in [0, 0.05) is 18.7 Å². The molecule has 1 aliphatic heterocycles. The molecular formula is C17H26ClN3O2. The van der Waals surface area contributed by atoms with Crippen LogP contribution in [-0.2, 0) is 11.3 Å². The predicted octanol–water partition coefficient (Wildman–Crippen LogP) is 2.01.